The lowest BCUT2D eigenvalue weighted by atomic mass is 9.92. The number of alkyl halides is 1. The van der Waals surface area contributed by atoms with Gasteiger partial charge in [-0.05, 0) is 24.5 Å². The average molecular weight is 229 g/mol. The summed E-state index contributed by atoms with van der Waals surface area (Å²) in [6.07, 6.45) is 1.40. The highest BCUT2D eigenvalue weighted by Crippen LogP contribution is 2.50. The van der Waals surface area contributed by atoms with Gasteiger partial charge in [0.1, 0.15) is 0 Å². The lowest BCUT2D eigenvalue weighted by Crippen LogP contribution is -2.15. The van der Waals surface area contributed by atoms with Crippen molar-refractivity contribution in [3.05, 3.63) is 34.3 Å². The number of aromatic carboxylic acids is 1. The van der Waals surface area contributed by atoms with E-state index in [2.05, 4.69) is 0 Å². The summed E-state index contributed by atoms with van der Waals surface area (Å²) in [5, 5.41) is 9.21. The van der Waals surface area contributed by atoms with E-state index in [9.17, 15) is 9.18 Å². The molecule has 1 N–H and O–H groups in total. The first-order valence-electron chi connectivity index (χ1n) is 4.69. The maximum Gasteiger partial charge on any atom is 0.337 e. The second-order valence-corrected chi connectivity index (χ2v) is 4.29. The number of carbonyl (C=O) groups is 1. The zero-order valence-corrected chi connectivity index (χ0v) is 8.72. The minimum absolute atomic E-state index is 0.0503. The topological polar surface area (TPSA) is 37.3 Å². The van der Waals surface area contributed by atoms with E-state index in [0.29, 0.717) is 18.4 Å². The predicted molar refractivity (Wildman–Crippen MR) is 55.3 cm³/mol. The Morgan fingerprint density at radius 2 is 2.20 bits per heavy atom. The molecule has 0 radical (unpaired) electrons. The molecule has 0 heterocycles. The zero-order chi connectivity index (χ0) is 11.1. The van der Waals surface area contributed by atoms with Crippen molar-refractivity contribution >= 4 is 17.6 Å². The summed E-state index contributed by atoms with van der Waals surface area (Å²) in [4.78, 5) is 11.0. The normalized spacial score (nSPS) is 17.5. The van der Waals surface area contributed by atoms with Crippen LogP contribution in [0.25, 0.3) is 0 Å². The Bertz CT molecular complexity index is 413. The smallest absolute Gasteiger partial charge is 0.337 e. The highest BCUT2D eigenvalue weighted by Gasteiger charge is 2.46. The molecule has 1 aromatic rings. The van der Waals surface area contributed by atoms with Crippen molar-refractivity contribution in [2.24, 2.45) is 0 Å². The van der Waals surface area contributed by atoms with Crippen LogP contribution in [-0.2, 0) is 5.41 Å². The summed E-state index contributed by atoms with van der Waals surface area (Å²) in [5.74, 6) is -1.09. The molecule has 0 aromatic heterocycles. The van der Waals surface area contributed by atoms with Crippen LogP contribution in [0.2, 0.25) is 5.02 Å². The van der Waals surface area contributed by atoms with Gasteiger partial charge in [-0.15, -0.1) is 0 Å². The Hall–Kier alpha value is -1.09. The van der Waals surface area contributed by atoms with Gasteiger partial charge in [0.25, 0.3) is 0 Å². The summed E-state index contributed by atoms with van der Waals surface area (Å²) in [6, 6.07) is 4.84. The highest BCUT2D eigenvalue weighted by atomic mass is 35.5. The summed E-state index contributed by atoms with van der Waals surface area (Å²) in [7, 11) is 0. The molecule has 2 nitrogen and oxygen atoms in total. The summed E-state index contributed by atoms with van der Waals surface area (Å²) < 4.78 is 12.9. The van der Waals surface area contributed by atoms with E-state index < -0.39 is 18.1 Å². The van der Waals surface area contributed by atoms with E-state index in [4.69, 9.17) is 16.7 Å². The number of halogens is 2. The molecule has 0 bridgehead atoms. The third-order valence-corrected chi connectivity index (χ3v) is 3.22. The van der Waals surface area contributed by atoms with E-state index in [-0.39, 0.29) is 10.6 Å². The fourth-order valence-electron chi connectivity index (χ4n) is 1.81. The predicted octanol–water partition coefficient (Wildman–Crippen LogP) is 3.04. The molecule has 0 amide bonds. The van der Waals surface area contributed by atoms with E-state index in [1.807, 2.05) is 0 Å². The van der Waals surface area contributed by atoms with Crippen molar-refractivity contribution in [2.45, 2.75) is 18.3 Å². The van der Waals surface area contributed by atoms with Gasteiger partial charge in [0, 0.05) is 5.41 Å². The number of hydrogen-bond donors (Lipinski definition) is 1. The number of carboxylic acids is 1. The Balaban J connectivity index is 2.56. The van der Waals surface area contributed by atoms with Crippen molar-refractivity contribution in [3.8, 4) is 0 Å². The largest absolute Gasteiger partial charge is 0.478 e. The Morgan fingerprint density at radius 3 is 2.67 bits per heavy atom. The van der Waals surface area contributed by atoms with Gasteiger partial charge in [0.2, 0.25) is 0 Å². The van der Waals surface area contributed by atoms with Gasteiger partial charge < -0.3 is 5.11 Å². The van der Waals surface area contributed by atoms with Crippen LogP contribution in [0.15, 0.2) is 18.2 Å². The molecule has 1 aliphatic rings. The molecular weight excluding hydrogens is 219 g/mol. The first-order valence-corrected chi connectivity index (χ1v) is 5.07. The highest BCUT2D eigenvalue weighted by molar-refractivity contribution is 6.33. The van der Waals surface area contributed by atoms with Crippen LogP contribution >= 0.6 is 11.6 Å². The van der Waals surface area contributed by atoms with Crippen molar-refractivity contribution in [3.63, 3.8) is 0 Å². The number of carboxylic acid groups (broad SMARTS) is 1. The fraction of sp³-hybridized carbons (Fsp3) is 0.364. The van der Waals surface area contributed by atoms with Crippen LogP contribution in [0, 0.1) is 0 Å². The summed E-state index contributed by atoms with van der Waals surface area (Å²) >= 11 is 5.81. The van der Waals surface area contributed by atoms with E-state index in [1.54, 1.807) is 12.1 Å². The summed E-state index contributed by atoms with van der Waals surface area (Å²) in [6.45, 7) is -0.520. The molecule has 1 saturated carbocycles. The van der Waals surface area contributed by atoms with E-state index in [1.165, 1.54) is 6.07 Å². The lowest BCUT2D eigenvalue weighted by molar-refractivity contribution is 0.0695. The van der Waals surface area contributed by atoms with Crippen LogP contribution in [0.5, 0.6) is 0 Å². The first kappa shape index (κ1) is 10.4. The second kappa shape index (κ2) is 3.49. The van der Waals surface area contributed by atoms with E-state index >= 15 is 0 Å². The van der Waals surface area contributed by atoms with Gasteiger partial charge in [-0.25, -0.2) is 4.79 Å². The Morgan fingerprint density at radius 1 is 1.53 bits per heavy atom. The monoisotopic (exact) mass is 228 g/mol. The molecule has 1 aromatic carbocycles. The summed E-state index contributed by atoms with van der Waals surface area (Å²) in [5.41, 5.74) is -0.00200. The standard InChI is InChI=1S/C11H10ClFO2/c12-8-3-1-2-7(9(8)10(14)15)11(6-13)4-5-11/h1-3H,4-6H2,(H,14,15). The van der Waals surface area contributed by atoms with Crippen LogP contribution < -0.4 is 0 Å². The third kappa shape index (κ3) is 1.61. The molecule has 1 aliphatic carbocycles. The molecule has 15 heavy (non-hydrogen) atoms. The van der Waals surface area contributed by atoms with Gasteiger partial charge in [0.05, 0.1) is 17.3 Å². The van der Waals surface area contributed by atoms with Crippen LogP contribution in [0.4, 0.5) is 4.39 Å². The zero-order valence-electron chi connectivity index (χ0n) is 7.96. The molecule has 0 spiro atoms. The van der Waals surface area contributed by atoms with Crippen molar-refractivity contribution in [2.75, 3.05) is 6.67 Å². The SMILES string of the molecule is O=C(O)c1c(Cl)cccc1C1(CF)CC1. The van der Waals surface area contributed by atoms with Gasteiger partial charge >= 0.3 is 5.97 Å². The molecular formula is C11H10ClFO2. The molecule has 1 fully saturated rings. The Labute approximate surface area is 91.7 Å². The third-order valence-electron chi connectivity index (χ3n) is 2.91. The molecule has 0 aliphatic heterocycles. The van der Waals surface area contributed by atoms with Gasteiger partial charge in [-0.3, -0.25) is 4.39 Å². The molecule has 0 unspecified atom stereocenters. The van der Waals surface area contributed by atoms with E-state index in [0.717, 1.165) is 0 Å². The Kier molecular flexibility index (Phi) is 2.43. The number of hydrogen-bond acceptors (Lipinski definition) is 1. The molecule has 0 saturated heterocycles. The van der Waals surface area contributed by atoms with Crippen molar-refractivity contribution < 1.29 is 14.3 Å². The first-order chi connectivity index (χ1) is 7.10. The number of rotatable bonds is 3. The van der Waals surface area contributed by atoms with Gasteiger partial charge in [0.15, 0.2) is 0 Å². The fourth-order valence-corrected chi connectivity index (χ4v) is 2.06. The maximum absolute atomic E-state index is 12.9. The molecule has 2 rings (SSSR count). The second-order valence-electron chi connectivity index (χ2n) is 3.88. The molecule has 0 atom stereocenters. The van der Waals surface area contributed by atoms with Crippen LogP contribution in [0.3, 0.4) is 0 Å². The van der Waals surface area contributed by atoms with Crippen molar-refractivity contribution in [1.29, 1.82) is 0 Å². The lowest BCUT2D eigenvalue weighted by Gasteiger charge is -2.14. The van der Waals surface area contributed by atoms with Crippen molar-refractivity contribution in [1.82, 2.24) is 0 Å². The number of benzene rings is 1. The minimum atomic E-state index is -1.09. The quantitative estimate of drug-likeness (QED) is 0.864. The van der Waals surface area contributed by atoms with Crippen LogP contribution in [0.1, 0.15) is 28.8 Å². The van der Waals surface area contributed by atoms with Gasteiger partial charge in [-0.2, -0.15) is 0 Å². The van der Waals surface area contributed by atoms with Gasteiger partial charge in [-0.1, -0.05) is 23.7 Å². The minimum Gasteiger partial charge on any atom is -0.478 e. The maximum atomic E-state index is 12.9. The molecule has 4 heteroatoms. The van der Waals surface area contributed by atoms with Crippen LogP contribution in [-0.4, -0.2) is 17.8 Å². The average Bonchev–Trinajstić information content (AvgIpc) is 2.97. The molecule has 80 valence electrons.